The Labute approximate surface area is 901 Å². The van der Waals surface area contributed by atoms with Gasteiger partial charge in [0, 0.05) is 66.8 Å². The van der Waals surface area contributed by atoms with Crippen LogP contribution in [0.4, 0.5) is 0 Å². The van der Waals surface area contributed by atoms with Crippen LogP contribution in [0.2, 0.25) is 40.2 Å². The monoisotopic (exact) mass is 2290 g/mol. The number of epoxide rings is 3. The number of hydrogen-bond acceptors (Lipinski definition) is 25. The molecule has 4 N–H and O–H groups in total. The molecule has 25 nitrogen and oxygen atoms in total. The normalized spacial score (nSPS) is 17.0. The van der Waals surface area contributed by atoms with E-state index in [1.54, 1.807) is 104 Å². The molecule has 0 bridgehead atoms. The molecule has 3 heterocycles. The standard InChI is InChI=1S/C24H30Cl2O5S.C24H28Cl2O5S.C23H27Cl3O6S.C19H22Cl2O5S.C11H14O4S.CH4.2H2S/c2*1-23(2,16-5-7-19(8-6-16)30-13-18(27)14-32(4,28)29)17-11-21(25)20(22(26)12-17)9-10-24(3)15-31-24;1-22(2,15-5-7-18(8-6-15)31-11-17(27)12-33(4,29)30)16-9-19(25)21(20(26)10-16)32-14-23(3,28)13-24;1-19(2,13-8-16(20)18(23)17(21)9-13)12-4-6-15(7-5-12)26-10-14(22)11-27(3,24)25;1-9-3-5-10(6-4-9)16(12,13)15-8-11(2)7-14-11;;;/h5-8,11-12,18,27H,9-10,13-15H2,1-4H3;5-8,11-12H,9-10,13-15H2,1-4H3;5-10,28H,11-14H2,1-4H3;4-9,14,22-23H,10-11H2,1-3H3;3-6H,7-8H2,1-2H3;1H4;2*1H2/t18-,24?;;;14-;;;;/m0..0..../s1. The maximum Gasteiger partial charge on any atom is 0.297 e. The summed E-state index contributed by atoms with van der Waals surface area (Å²) in [6.07, 6.45) is 5.31. The molecule has 41 heteroatoms. The van der Waals surface area contributed by atoms with Crippen molar-refractivity contribution in [2.75, 3.05) is 113 Å². The highest BCUT2D eigenvalue weighted by atomic mass is 35.5. The molecule has 0 spiro atoms. The molecule has 0 aromatic heterocycles. The van der Waals surface area contributed by atoms with Gasteiger partial charge in [0.05, 0.1) is 80.0 Å². The molecule has 0 aliphatic carbocycles. The smallest absolute Gasteiger partial charge is 0.297 e. The van der Waals surface area contributed by atoms with Crippen LogP contribution >= 0.6 is 131 Å². The third-order valence-electron chi connectivity index (χ3n) is 23.4. The number of aliphatic hydroxyl groups is 3. The van der Waals surface area contributed by atoms with Crippen molar-refractivity contribution in [2.45, 2.75) is 184 Å². The second-order valence-electron chi connectivity index (χ2n) is 38.6. The third-order valence-corrected chi connectivity index (χ3v) is 31.4. The van der Waals surface area contributed by atoms with Crippen molar-refractivity contribution >= 4 is 192 Å². The number of phenols is 1. The predicted octanol–water partition coefficient (Wildman–Crippen LogP) is 20.7. The van der Waals surface area contributed by atoms with Gasteiger partial charge in [0.15, 0.2) is 42.7 Å². The topological polar surface area (TPSA) is 379 Å². The molecule has 3 aliphatic heterocycles. The van der Waals surface area contributed by atoms with Crippen LogP contribution in [0.1, 0.15) is 165 Å². The largest absolute Gasteiger partial charge is 0.505 e. The third kappa shape index (κ3) is 40.6. The van der Waals surface area contributed by atoms with Gasteiger partial charge in [0.1, 0.15) is 111 Å². The molecule has 143 heavy (non-hydrogen) atoms. The highest BCUT2D eigenvalue weighted by molar-refractivity contribution is 7.92. The minimum absolute atomic E-state index is 0. The number of aromatic hydroxyl groups is 1. The highest BCUT2D eigenvalue weighted by Crippen LogP contribution is 2.46. The van der Waals surface area contributed by atoms with Crippen LogP contribution in [-0.4, -0.2) is 222 Å². The zero-order valence-electron chi connectivity index (χ0n) is 81.9. The first-order valence-corrected chi connectivity index (χ1v) is 57.2. The highest BCUT2D eigenvalue weighted by Gasteiger charge is 2.43. The molecule has 3 aliphatic rings. The minimum atomic E-state index is -3.65. The zero-order chi connectivity index (χ0) is 105. The van der Waals surface area contributed by atoms with Crippen LogP contribution in [0, 0.1) is 6.92 Å². The van der Waals surface area contributed by atoms with E-state index < -0.39 is 107 Å². The Kier molecular flexibility index (Phi) is 46.8. The molecule has 12 rings (SSSR count). The van der Waals surface area contributed by atoms with E-state index >= 15 is 0 Å². The fourth-order valence-corrected chi connectivity index (χ4v) is 20.3. The first-order chi connectivity index (χ1) is 64.5. The summed E-state index contributed by atoms with van der Waals surface area (Å²) in [4.78, 5) is 23.6. The van der Waals surface area contributed by atoms with Crippen LogP contribution in [0.15, 0.2) is 175 Å². The van der Waals surface area contributed by atoms with E-state index in [0.717, 1.165) is 125 Å². The molecule has 0 radical (unpaired) electrons. The molecule has 4 unspecified atom stereocenters. The molecule has 792 valence electrons. The fraction of sp³-hybridized carbons (Fsp3) is 0.451. The molecule has 0 saturated carbocycles. The SMILES string of the molecule is C.CC(C)(c1ccc(OC[C@H](O)CS(C)(=O)=O)cc1)c1cc(Cl)c(O)c(Cl)c1.CC(O)(CCl)COc1c(Cl)cc(C(C)(C)c2ccc(OCC(=O)CS(C)(=O)=O)cc2)cc1Cl.CC1(CCc2c(Cl)cc(C(C)(C)c3ccc(OCC(=O)CS(C)(=O)=O)cc3)cc2Cl)CO1.CC1(CCc2c(Cl)cc(C(C)(C)c3ccc(OC[C@H](O)CS(C)(=O)=O)cc3)cc2Cl)CO1.Cc1ccc(S(=O)(=O)OCC2(C)CO2)cc1.S.S. The molecule has 3 saturated heterocycles. The first kappa shape index (κ1) is 127. The maximum atomic E-state index is 11.7. The number of aryl methyl sites for hydroxylation is 1. The van der Waals surface area contributed by atoms with Gasteiger partial charge >= 0.3 is 0 Å². The average molecular weight is 2300 g/mol. The Hall–Kier alpha value is -6.10. The van der Waals surface area contributed by atoms with Crippen molar-refractivity contribution in [3.63, 3.8) is 0 Å². The van der Waals surface area contributed by atoms with Gasteiger partial charge in [-0.2, -0.15) is 35.4 Å². The lowest BCUT2D eigenvalue weighted by Crippen LogP contribution is -2.34. The van der Waals surface area contributed by atoms with Gasteiger partial charge in [0.2, 0.25) is 0 Å². The summed E-state index contributed by atoms with van der Waals surface area (Å²) >= 11 is 57.0. The number of ketones is 2. The Morgan fingerprint density at radius 1 is 0.406 bits per heavy atom. The van der Waals surface area contributed by atoms with E-state index in [-0.39, 0.29) is 140 Å². The van der Waals surface area contributed by atoms with Crippen LogP contribution in [0.5, 0.6) is 34.5 Å². The summed E-state index contributed by atoms with van der Waals surface area (Å²) in [5, 5.41) is 42.9. The zero-order valence-corrected chi connectivity index (χ0v) is 94.7. The summed E-state index contributed by atoms with van der Waals surface area (Å²) in [5.41, 5.74) is 7.13. The summed E-state index contributed by atoms with van der Waals surface area (Å²) in [6.45, 7) is 27.1. The Morgan fingerprint density at radius 2 is 0.678 bits per heavy atom. The number of carbonyl (C=O) groups excluding carboxylic acids is 2. The average Bonchev–Trinajstić information content (AvgIpc) is 1.78. The minimum Gasteiger partial charge on any atom is -0.505 e. The van der Waals surface area contributed by atoms with Crippen LogP contribution in [0.25, 0.3) is 0 Å². The van der Waals surface area contributed by atoms with Crippen molar-refractivity contribution in [1.29, 1.82) is 0 Å². The molecule has 0 amide bonds. The van der Waals surface area contributed by atoms with Gasteiger partial charge in [-0.1, -0.05) is 222 Å². The van der Waals surface area contributed by atoms with Crippen molar-refractivity contribution in [3.05, 3.63) is 271 Å². The summed E-state index contributed by atoms with van der Waals surface area (Å²) in [7, 11) is -16.9. The maximum absolute atomic E-state index is 11.7. The fourth-order valence-electron chi connectivity index (χ4n) is 13.9. The van der Waals surface area contributed by atoms with Crippen LogP contribution < -0.4 is 23.7 Å². The van der Waals surface area contributed by atoms with Crippen molar-refractivity contribution in [3.8, 4) is 34.5 Å². The lowest BCUT2D eigenvalue weighted by molar-refractivity contribution is -0.119. The van der Waals surface area contributed by atoms with Gasteiger partial charge in [-0.15, -0.1) is 11.6 Å². The predicted molar refractivity (Wildman–Crippen MR) is 583 cm³/mol. The number of sulfone groups is 4. The first-order valence-electron chi connectivity index (χ1n) is 44.0. The van der Waals surface area contributed by atoms with E-state index in [4.69, 9.17) is 146 Å². The van der Waals surface area contributed by atoms with Gasteiger partial charge in [0.25, 0.3) is 10.1 Å². The number of benzene rings is 9. The van der Waals surface area contributed by atoms with Gasteiger partial charge in [-0.25, -0.2) is 33.7 Å². The van der Waals surface area contributed by atoms with Crippen LogP contribution in [0.3, 0.4) is 0 Å². The Morgan fingerprint density at radius 3 is 0.944 bits per heavy atom. The Balaban J connectivity index is 0.000000318. The van der Waals surface area contributed by atoms with E-state index in [0.29, 0.717) is 59.7 Å². The number of aliphatic hydroxyl groups excluding tert-OH is 2. The molecule has 9 aromatic carbocycles. The van der Waals surface area contributed by atoms with E-state index in [1.807, 2.05) is 114 Å². The summed E-state index contributed by atoms with van der Waals surface area (Å²) in [5.74, 6) is -0.615. The molecule has 3 fully saturated rings. The number of Topliss-reactive ketones (excluding diaryl/α,β-unsaturated/α-hetero) is 2. The van der Waals surface area contributed by atoms with Gasteiger partial charge < -0.3 is 58.3 Å². The Bertz CT molecular complexity index is 6330. The molecular formula is C102H129Cl9O25S7. The lowest BCUT2D eigenvalue weighted by atomic mass is 9.78. The van der Waals surface area contributed by atoms with E-state index in [9.17, 15) is 72.1 Å². The number of rotatable bonds is 42. The second-order valence-corrected chi connectivity index (χ2v) is 52.4. The number of alkyl halides is 1. The van der Waals surface area contributed by atoms with Crippen LogP contribution in [-0.2, 0) is 112 Å². The van der Waals surface area contributed by atoms with Crippen molar-refractivity contribution in [2.24, 2.45) is 0 Å². The van der Waals surface area contributed by atoms with Crippen molar-refractivity contribution in [1.82, 2.24) is 0 Å². The number of carbonyl (C=O) groups is 2. The second kappa shape index (κ2) is 52.6. The number of halogens is 9. The van der Waals surface area contributed by atoms with E-state index in [1.165, 1.54) is 0 Å². The number of ether oxygens (including phenoxy) is 8. The van der Waals surface area contributed by atoms with Gasteiger partial charge in [-0.05, 0) is 225 Å². The lowest BCUT2D eigenvalue weighted by Gasteiger charge is -2.28. The summed E-state index contributed by atoms with van der Waals surface area (Å²) < 4.78 is 161. The molecule has 9 aromatic rings. The molecular weight excluding hydrogens is 2170 g/mol. The van der Waals surface area contributed by atoms with E-state index in [2.05, 4.69) is 41.5 Å². The quantitative estimate of drug-likeness (QED) is 0.0157. The number of hydrogen-bond donors (Lipinski definition) is 4. The number of phenolic OH excluding ortho intramolecular Hbond substituents is 1. The summed E-state index contributed by atoms with van der Waals surface area (Å²) in [6, 6.07) is 50.5. The molecule has 6 atom stereocenters. The van der Waals surface area contributed by atoms with Crippen molar-refractivity contribution < 1.29 is 114 Å². The van der Waals surface area contributed by atoms with Gasteiger partial charge in [-0.3, -0.25) is 13.8 Å².